The fourth-order valence-corrected chi connectivity index (χ4v) is 3.09. The largest absolute Gasteiger partial charge is 0.497 e. The van der Waals surface area contributed by atoms with E-state index in [-0.39, 0.29) is 18.3 Å². The van der Waals surface area contributed by atoms with Gasteiger partial charge in [0, 0.05) is 25.2 Å². The van der Waals surface area contributed by atoms with Gasteiger partial charge in [0.2, 0.25) is 0 Å². The fourth-order valence-electron chi connectivity index (χ4n) is 3.09. The molecule has 1 aromatic carbocycles. The number of benzene rings is 1. The number of methoxy groups -OCH3 is 2. The van der Waals surface area contributed by atoms with Crippen molar-refractivity contribution in [3.8, 4) is 11.5 Å². The van der Waals surface area contributed by atoms with Crippen molar-refractivity contribution in [3.63, 3.8) is 0 Å². The van der Waals surface area contributed by atoms with Crippen molar-refractivity contribution in [1.82, 2.24) is 10.2 Å². The first-order valence-corrected chi connectivity index (χ1v) is 8.46. The molecule has 5 nitrogen and oxygen atoms in total. The van der Waals surface area contributed by atoms with Crippen LogP contribution in [-0.4, -0.2) is 50.7 Å². The SMILES string of the molecule is COc1ccc(C(=O)N2CCC(NCC3CC3)CC2)c(OC)c1.Cl. The predicted molar refractivity (Wildman–Crippen MR) is 96.4 cm³/mol. The number of nitrogens with one attached hydrogen (secondary N) is 1. The van der Waals surface area contributed by atoms with Crippen molar-refractivity contribution in [3.05, 3.63) is 23.8 Å². The number of rotatable bonds is 6. The minimum absolute atomic E-state index is 0. The lowest BCUT2D eigenvalue weighted by Crippen LogP contribution is -2.45. The minimum atomic E-state index is 0. The van der Waals surface area contributed by atoms with E-state index in [4.69, 9.17) is 9.47 Å². The summed E-state index contributed by atoms with van der Waals surface area (Å²) >= 11 is 0. The monoisotopic (exact) mass is 354 g/mol. The molecule has 2 fully saturated rings. The van der Waals surface area contributed by atoms with Crippen LogP contribution in [0.4, 0.5) is 0 Å². The summed E-state index contributed by atoms with van der Waals surface area (Å²) in [6.45, 7) is 2.75. The summed E-state index contributed by atoms with van der Waals surface area (Å²) in [6.07, 6.45) is 4.80. The molecular formula is C18H27ClN2O3. The van der Waals surface area contributed by atoms with E-state index in [9.17, 15) is 4.79 Å². The average molecular weight is 355 g/mol. The maximum Gasteiger partial charge on any atom is 0.257 e. The molecule has 1 aromatic rings. The first kappa shape index (κ1) is 18.9. The van der Waals surface area contributed by atoms with Crippen LogP contribution >= 0.6 is 12.4 Å². The molecule has 1 amide bonds. The van der Waals surface area contributed by atoms with Gasteiger partial charge in [-0.15, -0.1) is 12.4 Å². The smallest absolute Gasteiger partial charge is 0.257 e. The molecule has 1 aliphatic carbocycles. The number of nitrogens with zero attached hydrogens (tertiary/aromatic N) is 1. The van der Waals surface area contributed by atoms with Crippen molar-refractivity contribution in [1.29, 1.82) is 0 Å². The van der Waals surface area contributed by atoms with Gasteiger partial charge in [-0.2, -0.15) is 0 Å². The number of likely N-dealkylation sites (tertiary alicyclic amines) is 1. The summed E-state index contributed by atoms with van der Waals surface area (Å²) in [6, 6.07) is 5.91. The van der Waals surface area contributed by atoms with Crippen LogP contribution in [0.15, 0.2) is 18.2 Å². The Hall–Kier alpha value is -1.46. The zero-order valence-corrected chi connectivity index (χ0v) is 15.2. The van der Waals surface area contributed by atoms with Gasteiger partial charge in [0.15, 0.2) is 0 Å². The summed E-state index contributed by atoms with van der Waals surface area (Å²) in [4.78, 5) is 14.7. The van der Waals surface area contributed by atoms with E-state index in [1.54, 1.807) is 32.4 Å². The van der Waals surface area contributed by atoms with Crippen LogP contribution in [0.2, 0.25) is 0 Å². The Morgan fingerprint density at radius 2 is 1.88 bits per heavy atom. The average Bonchev–Trinajstić information content (AvgIpc) is 3.43. The Kier molecular flexibility index (Phi) is 6.75. The number of carbonyl (C=O) groups excluding carboxylic acids is 1. The Balaban J connectivity index is 0.00000208. The summed E-state index contributed by atoms with van der Waals surface area (Å²) in [7, 11) is 3.19. The molecule has 2 aliphatic rings. The van der Waals surface area contributed by atoms with Gasteiger partial charge in [-0.1, -0.05) is 0 Å². The molecular weight excluding hydrogens is 328 g/mol. The van der Waals surface area contributed by atoms with Crippen molar-refractivity contribution in [2.45, 2.75) is 31.7 Å². The van der Waals surface area contributed by atoms with Crippen molar-refractivity contribution in [2.75, 3.05) is 33.9 Å². The number of carbonyl (C=O) groups is 1. The Morgan fingerprint density at radius 3 is 2.46 bits per heavy atom. The van der Waals surface area contributed by atoms with Gasteiger partial charge in [-0.05, 0) is 50.3 Å². The van der Waals surface area contributed by atoms with Gasteiger partial charge in [0.25, 0.3) is 5.91 Å². The zero-order valence-electron chi connectivity index (χ0n) is 14.4. The van der Waals surface area contributed by atoms with Gasteiger partial charge in [-0.25, -0.2) is 0 Å². The topological polar surface area (TPSA) is 50.8 Å². The fraction of sp³-hybridized carbons (Fsp3) is 0.611. The highest BCUT2D eigenvalue weighted by Crippen LogP contribution is 2.29. The summed E-state index contributed by atoms with van der Waals surface area (Å²) in [5.41, 5.74) is 0.609. The molecule has 134 valence electrons. The van der Waals surface area contributed by atoms with Gasteiger partial charge in [0.05, 0.1) is 19.8 Å². The maximum atomic E-state index is 12.7. The second-order valence-corrected chi connectivity index (χ2v) is 6.48. The zero-order chi connectivity index (χ0) is 16.2. The third kappa shape index (κ3) is 4.54. The molecule has 6 heteroatoms. The quantitative estimate of drug-likeness (QED) is 0.853. The van der Waals surface area contributed by atoms with Gasteiger partial charge < -0.3 is 19.7 Å². The van der Waals surface area contributed by atoms with Crippen molar-refractivity contribution in [2.24, 2.45) is 5.92 Å². The third-order valence-electron chi connectivity index (χ3n) is 4.81. The number of ether oxygens (including phenoxy) is 2. The molecule has 0 unspecified atom stereocenters. The van der Waals surface area contributed by atoms with E-state index in [1.165, 1.54) is 12.8 Å². The highest BCUT2D eigenvalue weighted by atomic mass is 35.5. The molecule has 1 aliphatic heterocycles. The van der Waals surface area contributed by atoms with Crippen LogP contribution < -0.4 is 14.8 Å². The second-order valence-electron chi connectivity index (χ2n) is 6.48. The lowest BCUT2D eigenvalue weighted by molar-refractivity contribution is 0.0701. The standard InChI is InChI=1S/C18H26N2O3.ClH/c1-22-15-5-6-16(17(11-15)23-2)18(21)20-9-7-14(8-10-20)19-12-13-3-4-13;/h5-6,11,13-14,19H,3-4,7-10,12H2,1-2H3;1H. The van der Waals surface area contributed by atoms with E-state index in [0.29, 0.717) is 23.1 Å². The highest BCUT2D eigenvalue weighted by molar-refractivity contribution is 5.97. The normalized spacial score (nSPS) is 18.0. The molecule has 0 spiro atoms. The van der Waals surface area contributed by atoms with Crippen LogP contribution in [0.1, 0.15) is 36.0 Å². The first-order valence-electron chi connectivity index (χ1n) is 8.46. The molecule has 1 saturated carbocycles. The number of hydrogen-bond donors (Lipinski definition) is 1. The summed E-state index contributed by atoms with van der Waals surface area (Å²) in [5, 5.41) is 3.64. The van der Waals surface area contributed by atoms with Crippen molar-refractivity contribution >= 4 is 18.3 Å². The first-order chi connectivity index (χ1) is 11.2. The van der Waals surface area contributed by atoms with Gasteiger partial charge in [0.1, 0.15) is 11.5 Å². The Morgan fingerprint density at radius 1 is 1.17 bits per heavy atom. The molecule has 24 heavy (non-hydrogen) atoms. The van der Waals surface area contributed by atoms with E-state index >= 15 is 0 Å². The van der Waals surface area contributed by atoms with Crippen molar-refractivity contribution < 1.29 is 14.3 Å². The molecule has 0 aromatic heterocycles. The summed E-state index contributed by atoms with van der Waals surface area (Å²) < 4.78 is 10.5. The van der Waals surface area contributed by atoms with E-state index in [1.807, 2.05) is 4.90 Å². The van der Waals surface area contributed by atoms with Crippen LogP contribution in [0.5, 0.6) is 11.5 Å². The number of piperidine rings is 1. The van der Waals surface area contributed by atoms with E-state index in [0.717, 1.165) is 38.4 Å². The number of amides is 1. The van der Waals surface area contributed by atoms with E-state index in [2.05, 4.69) is 5.32 Å². The third-order valence-corrected chi connectivity index (χ3v) is 4.81. The Labute approximate surface area is 150 Å². The van der Waals surface area contributed by atoms with E-state index < -0.39 is 0 Å². The molecule has 3 rings (SSSR count). The van der Waals surface area contributed by atoms with Crippen LogP contribution in [0.3, 0.4) is 0 Å². The Bertz CT molecular complexity index is 555. The van der Waals surface area contributed by atoms with Crippen LogP contribution in [0.25, 0.3) is 0 Å². The minimum Gasteiger partial charge on any atom is -0.497 e. The van der Waals surface area contributed by atoms with Crippen LogP contribution in [-0.2, 0) is 0 Å². The predicted octanol–water partition coefficient (Wildman–Crippen LogP) is 2.73. The lowest BCUT2D eigenvalue weighted by Gasteiger charge is -2.33. The molecule has 1 heterocycles. The van der Waals surface area contributed by atoms with Crippen LogP contribution in [0, 0.1) is 5.92 Å². The van der Waals surface area contributed by atoms with Gasteiger partial charge >= 0.3 is 0 Å². The molecule has 1 saturated heterocycles. The maximum absolute atomic E-state index is 12.7. The number of halogens is 1. The summed E-state index contributed by atoms with van der Waals surface area (Å²) in [5.74, 6) is 2.22. The molecule has 0 atom stereocenters. The molecule has 0 bridgehead atoms. The van der Waals surface area contributed by atoms with Gasteiger partial charge in [-0.3, -0.25) is 4.79 Å². The second kappa shape index (κ2) is 8.58. The lowest BCUT2D eigenvalue weighted by atomic mass is 10.0. The molecule has 0 radical (unpaired) electrons. The number of hydrogen-bond acceptors (Lipinski definition) is 4. The highest BCUT2D eigenvalue weighted by Gasteiger charge is 2.27. The molecule has 1 N–H and O–H groups in total.